The second-order valence-electron chi connectivity index (χ2n) is 3.53. The first-order chi connectivity index (χ1) is 4.63. The lowest BCUT2D eigenvalue weighted by atomic mass is 9.57. The van der Waals surface area contributed by atoms with Crippen molar-refractivity contribution in [2.24, 2.45) is 17.6 Å². The Labute approximate surface area is 65.6 Å². The molecule has 0 aliphatic carbocycles. The molecule has 0 aromatic heterocycles. The van der Waals surface area contributed by atoms with Crippen LogP contribution in [0.4, 0.5) is 0 Å². The van der Waals surface area contributed by atoms with Gasteiger partial charge in [-0.15, -0.1) is 0 Å². The molecule has 0 aromatic rings. The Morgan fingerprint density at radius 2 is 1.80 bits per heavy atom. The lowest BCUT2D eigenvalue weighted by Gasteiger charge is -2.24. The topological polar surface area (TPSA) is 26.0 Å². The van der Waals surface area contributed by atoms with Crippen molar-refractivity contribution in [2.75, 3.05) is 6.54 Å². The van der Waals surface area contributed by atoms with Crippen molar-refractivity contribution in [3.05, 3.63) is 0 Å². The predicted molar refractivity (Wildman–Crippen MR) is 49.8 cm³/mol. The zero-order valence-corrected chi connectivity index (χ0v) is 7.72. The molecule has 0 saturated carbocycles. The Bertz CT molecular complexity index is 83.3. The molecule has 0 rings (SSSR count). The van der Waals surface area contributed by atoms with Crippen LogP contribution >= 0.6 is 0 Å². The van der Waals surface area contributed by atoms with Crippen LogP contribution in [-0.4, -0.2) is 13.8 Å². The molecule has 1 unspecified atom stereocenters. The Balaban J connectivity index is 3.80. The first kappa shape index (κ1) is 10.0. The van der Waals surface area contributed by atoms with Crippen molar-refractivity contribution in [1.82, 2.24) is 0 Å². The van der Waals surface area contributed by atoms with Crippen LogP contribution in [0.15, 0.2) is 0 Å². The zero-order valence-electron chi connectivity index (χ0n) is 7.72. The van der Waals surface area contributed by atoms with Gasteiger partial charge in [0.25, 0.3) is 0 Å². The van der Waals surface area contributed by atoms with Gasteiger partial charge < -0.3 is 5.73 Å². The lowest BCUT2D eigenvalue weighted by molar-refractivity contribution is 0.443. The van der Waals surface area contributed by atoms with Crippen LogP contribution < -0.4 is 5.73 Å². The van der Waals surface area contributed by atoms with Crippen molar-refractivity contribution in [3.63, 3.8) is 0 Å². The van der Waals surface area contributed by atoms with Gasteiger partial charge in [0.2, 0.25) is 0 Å². The molecule has 0 bridgehead atoms. The fraction of sp³-hybridized carbons (Fsp3) is 1.00. The third-order valence-corrected chi connectivity index (χ3v) is 2.43. The summed E-state index contributed by atoms with van der Waals surface area (Å²) in [6.45, 7) is 9.88. The van der Waals surface area contributed by atoms with Crippen LogP contribution in [-0.2, 0) is 0 Å². The number of hydrogen-bond donors (Lipinski definition) is 1. The molecule has 0 fully saturated rings. The molecule has 0 saturated heterocycles. The van der Waals surface area contributed by atoms with E-state index in [9.17, 15) is 0 Å². The molecular weight excluding hydrogens is 121 g/mol. The summed E-state index contributed by atoms with van der Waals surface area (Å²) < 4.78 is 0. The molecule has 0 spiro atoms. The molecule has 0 heterocycles. The number of hydrogen-bond acceptors (Lipinski definition) is 1. The molecule has 2 atom stereocenters. The maximum Gasteiger partial charge on any atom is 0.121 e. The molecule has 0 amide bonds. The molecule has 0 aliphatic heterocycles. The van der Waals surface area contributed by atoms with Gasteiger partial charge >= 0.3 is 0 Å². The quantitative estimate of drug-likeness (QED) is 0.590. The van der Waals surface area contributed by atoms with E-state index in [1.54, 1.807) is 0 Å². The monoisotopic (exact) mass is 141 g/mol. The van der Waals surface area contributed by atoms with E-state index in [2.05, 4.69) is 27.6 Å². The van der Waals surface area contributed by atoms with E-state index in [0.717, 1.165) is 18.3 Å². The largest absolute Gasteiger partial charge is 0.330 e. The molecule has 2 N–H and O–H groups in total. The second-order valence-corrected chi connectivity index (χ2v) is 3.53. The van der Waals surface area contributed by atoms with Crippen LogP contribution in [0.5, 0.6) is 0 Å². The molecule has 2 heteroatoms. The molecule has 1 nitrogen and oxygen atoms in total. The minimum absolute atomic E-state index is 0.685. The smallest absolute Gasteiger partial charge is 0.121 e. The fourth-order valence-electron chi connectivity index (χ4n) is 1.71. The Morgan fingerprint density at radius 1 is 1.30 bits per heavy atom. The fourth-order valence-corrected chi connectivity index (χ4v) is 1.71. The summed E-state index contributed by atoms with van der Waals surface area (Å²) in [5.74, 6) is 2.28. The molecular formula is C8H20BN. The van der Waals surface area contributed by atoms with Crippen molar-refractivity contribution in [3.8, 4) is 0 Å². The highest BCUT2D eigenvalue weighted by molar-refractivity contribution is 6.35. The Morgan fingerprint density at radius 3 is 1.90 bits per heavy atom. The van der Waals surface area contributed by atoms with Gasteiger partial charge in [0.1, 0.15) is 7.28 Å². The SMILES string of the molecule is CBC(C(C)C)[C@@H](C)CN. The van der Waals surface area contributed by atoms with Gasteiger partial charge in [-0.1, -0.05) is 39.3 Å². The Kier molecular flexibility index (Phi) is 4.79. The summed E-state index contributed by atoms with van der Waals surface area (Å²) >= 11 is 0. The van der Waals surface area contributed by atoms with Crippen LogP contribution in [0, 0.1) is 11.8 Å². The van der Waals surface area contributed by atoms with E-state index in [1.165, 1.54) is 7.28 Å². The average molecular weight is 141 g/mol. The van der Waals surface area contributed by atoms with Crippen LogP contribution in [0.25, 0.3) is 0 Å². The molecule has 0 aliphatic rings. The molecule has 60 valence electrons. The normalized spacial score (nSPS) is 17.0. The van der Waals surface area contributed by atoms with Gasteiger partial charge in [-0.3, -0.25) is 0 Å². The minimum atomic E-state index is 0.685. The zero-order chi connectivity index (χ0) is 8.15. The van der Waals surface area contributed by atoms with Crippen molar-refractivity contribution >= 4 is 7.28 Å². The van der Waals surface area contributed by atoms with Gasteiger partial charge in [0.05, 0.1) is 0 Å². The summed E-state index contributed by atoms with van der Waals surface area (Å²) in [6, 6.07) is 0. The predicted octanol–water partition coefficient (Wildman–Crippen LogP) is 1.51. The third kappa shape index (κ3) is 2.74. The lowest BCUT2D eigenvalue weighted by Crippen LogP contribution is -2.23. The first-order valence-electron chi connectivity index (χ1n) is 4.33. The summed E-state index contributed by atoms with van der Waals surface area (Å²) in [6.07, 6.45) is 0. The van der Waals surface area contributed by atoms with Crippen LogP contribution in [0.3, 0.4) is 0 Å². The van der Waals surface area contributed by atoms with E-state index in [-0.39, 0.29) is 0 Å². The van der Waals surface area contributed by atoms with Crippen LogP contribution in [0.1, 0.15) is 20.8 Å². The first-order valence-corrected chi connectivity index (χ1v) is 4.33. The van der Waals surface area contributed by atoms with Crippen molar-refractivity contribution < 1.29 is 0 Å². The van der Waals surface area contributed by atoms with Crippen molar-refractivity contribution in [2.45, 2.75) is 33.4 Å². The van der Waals surface area contributed by atoms with E-state index < -0.39 is 0 Å². The highest BCUT2D eigenvalue weighted by Gasteiger charge is 2.17. The summed E-state index contributed by atoms with van der Waals surface area (Å²) in [5.41, 5.74) is 5.59. The van der Waals surface area contributed by atoms with Crippen LogP contribution in [0.2, 0.25) is 12.6 Å². The van der Waals surface area contributed by atoms with Crippen molar-refractivity contribution in [1.29, 1.82) is 0 Å². The van der Waals surface area contributed by atoms with E-state index >= 15 is 0 Å². The molecule has 0 radical (unpaired) electrons. The highest BCUT2D eigenvalue weighted by atomic mass is 14.5. The van der Waals surface area contributed by atoms with Gasteiger partial charge in [0, 0.05) is 0 Å². The van der Waals surface area contributed by atoms with Gasteiger partial charge in [-0.25, -0.2) is 0 Å². The van der Waals surface area contributed by atoms with E-state index in [4.69, 9.17) is 5.73 Å². The van der Waals surface area contributed by atoms with E-state index in [1.807, 2.05) is 0 Å². The maximum atomic E-state index is 5.59. The number of nitrogens with two attached hydrogens (primary N) is 1. The third-order valence-electron chi connectivity index (χ3n) is 2.43. The Hall–Kier alpha value is 0.0249. The minimum Gasteiger partial charge on any atom is -0.330 e. The number of rotatable bonds is 4. The van der Waals surface area contributed by atoms with Gasteiger partial charge in [0.15, 0.2) is 0 Å². The molecule has 0 aromatic carbocycles. The standard InChI is InChI=1S/C8H20BN/c1-6(2)8(9-4)7(3)5-10/h6-9H,5,10H2,1-4H3/t7-,8?/m0/s1. The van der Waals surface area contributed by atoms with Gasteiger partial charge in [-0.05, 0) is 12.5 Å². The summed E-state index contributed by atoms with van der Waals surface area (Å²) in [5, 5.41) is 0. The van der Waals surface area contributed by atoms with E-state index in [0.29, 0.717) is 5.92 Å². The average Bonchev–Trinajstić information content (AvgIpc) is 1.88. The highest BCUT2D eigenvalue weighted by Crippen LogP contribution is 2.24. The summed E-state index contributed by atoms with van der Waals surface area (Å²) in [4.78, 5) is 0. The van der Waals surface area contributed by atoms with Gasteiger partial charge in [-0.2, -0.15) is 0 Å². The maximum absolute atomic E-state index is 5.59. The summed E-state index contributed by atoms with van der Waals surface area (Å²) in [7, 11) is 1.26. The molecule has 10 heavy (non-hydrogen) atoms. The second kappa shape index (κ2) is 4.78.